The van der Waals surface area contributed by atoms with Crippen LogP contribution >= 0.6 is 34.8 Å². The topological polar surface area (TPSA) is 9.23 Å². The standard InChI is InChI=1S/C14H11Cl3O/c1-9-5-6-14(12(17)7-9)18-13-4-2-3-11(16)10(13)8-15/h2-7H,8H2,1H3. The minimum atomic E-state index is 0.290. The first kappa shape index (κ1) is 13.5. The summed E-state index contributed by atoms with van der Waals surface area (Å²) >= 11 is 18.1. The van der Waals surface area contributed by atoms with Gasteiger partial charge in [-0.2, -0.15) is 0 Å². The second kappa shape index (κ2) is 5.83. The van der Waals surface area contributed by atoms with Gasteiger partial charge >= 0.3 is 0 Å². The Kier molecular flexibility index (Phi) is 4.39. The Balaban J connectivity index is 2.37. The highest BCUT2D eigenvalue weighted by Crippen LogP contribution is 2.35. The first-order valence-corrected chi connectivity index (χ1v) is 6.68. The molecule has 0 bridgehead atoms. The summed E-state index contributed by atoms with van der Waals surface area (Å²) in [6, 6.07) is 11.0. The predicted octanol–water partition coefficient (Wildman–Crippen LogP) is 5.83. The van der Waals surface area contributed by atoms with Crippen LogP contribution in [0.5, 0.6) is 11.5 Å². The first-order valence-electron chi connectivity index (χ1n) is 5.39. The molecule has 0 radical (unpaired) electrons. The number of alkyl halides is 1. The van der Waals surface area contributed by atoms with Crippen LogP contribution in [0.4, 0.5) is 0 Å². The molecule has 0 fully saturated rings. The molecule has 2 rings (SSSR count). The third-order valence-electron chi connectivity index (χ3n) is 2.52. The van der Waals surface area contributed by atoms with Gasteiger partial charge < -0.3 is 4.74 Å². The minimum absolute atomic E-state index is 0.290. The third-order valence-corrected chi connectivity index (χ3v) is 3.43. The molecule has 1 nitrogen and oxygen atoms in total. The van der Waals surface area contributed by atoms with E-state index in [4.69, 9.17) is 39.5 Å². The van der Waals surface area contributed by atoms with E-state index >= 15 is 0 Å². The van der Waals surface area contributed by atoms with Crippen molar-refractivity contribution in [3.05, 3.63) is 57.6 Å². The van der Waals surface area contributed by atoms with Gasteiger partial charge in [-0.3, -0.25) is 0 Å². The van der Waals surface area contributed by atoms with Crippen LogP contribution in [0, 0.1) is 6.92 Å². The van der Waals surface area contributed by atoms with Gasteiger partial charge in [0.25, 0.3) is 0 Å². The maximum Gasteiger partial charge on any atom is 0.146 e. The highest BCUT2D eigenvalue weighted by Gasteiger charge is 2.10. The number of aryl methyl sites for hydroxylation is 1. The highest BCUT2D eigenvalue weighted by molar-refractivity contribution is 6.33. The van der Waals surface area contributed by atoms with Gasteiger partial charge in [-0.25, -0.2) is 0 Å². The summed E-state index contributed by atoms with van der Waals surface area (Å²) in [6.07, 6.45) is 0. The van der Waals surface area contributed by atoms with Crippen LogP contribution in [0.15, 0.2) is 36.4 Å². The molecule has 2 aromatic rings. The molecule has 18 heavy (non-hydrogen) atoms. The molecule has 0 spiro atoms. The molecule has 0 saturated heterocycles. The number of benzene rings is 2. The largest absolute Gasteiger partial charge is 0.455 e. The zero-order valence-corrected chi connectivity index (χ0v) is 12.0. The van der Waals surface area contributed by atoms with Crippen molar-refractivity contribution in [3.63, 3.8) is 0 Å². The first-order chi connectivity index (χ1) is 8.61. The maximum absolute atomic E-state index is 6.12. The molecule has 2 aromatic carbocycles. The summed E-state index contributed by atoms with van der Waals surface area (Å²) < 4.78 is 5.77. The lowest BCUT2D eigenvalue weighted by Gasteiger charge is -2.12. The van der Waals surface area contributed by atoms with E-state index in [0.717, 1.165) is 11.1 Å². The Labute approximate surface area is 121 Å². The molecule has 0 N–H and O–H groups in total. The van der Waals surface area contributed by atoms with Crippen LogP contribution in [-0.4, -0.2) is 0 Å². The van der Waals surface area contributed by atoms with Crippen molar-refractivity contribution in [1.29, 1.82) is 0 Å². The van der Waals surface area contributed by atoms with Crippen LogP contribution in [0.2, 0.25) is 10.0 Å². The van der Waals surface area contributed by atoms with Gasteiger partial charge in [0.15, 0.2) is 0 Å². The molecule has 4 heteroatoms. The molecule has 0 aliphatic carbocycles. The number of ether oxygens (including phenoxy) is 1. The van der Waals surface area contributed by atoms with Gasteiger partial charge in [0.2, 0.25) is 0 Å². The summed E-state index contributed by atoms with van der Waals surface area (Å²) in [5.41, 5.74) is 1.84. The Morgan fingerprint density at radius 3 is 2.44 bits per heavy atom. The third kappa shape index (κ3) is 2.92. The van der Waals surface area contributed by atoms with Gasteiger partial charge in [0.1, 0.15) is 11.5 Å². The summed E-state index contributed by atoms with van der Waals surface area (Å²) in [5, 5.41) is 1.15. The van der Waals surface area contributed by atoms with Gasteiger partial charge in [0, 0.05) is 10.6 Å². The molecule has 0 amide bonds. The fourth-order valence-electron chi connectivity index (χ4n) is 1.57. The second-order valence-corrected chi connectivity index (χ2v) is 4.97. The molecule has 0 atom stereocenters. The van der Waals surface area contributed by atoms with Crippen molar-refractivity contribution in [2.24, 2.45) is 0 Å². The minimum Gasteiger partial charge on any atom is -0.455 e. The molecule has 0 saturated carbocycles. The monoisotopic (exact) mass is 300 g/mol. The fourth-order valence-corrected chi connectivity index (χ4v) is 2.42. The lowest BCUT2D eigenvalue weighted by Crippen LogP contribution is -1.91. The normalized spacial score (nSPS) is 10.4. The van der Waals surface area contributed by atoms with Crippen molar-refractivity contribution in [1.82, 2.24) is 0 Å². The number of hydrogen-bond acceptors (Lipinski definition) is 1. The van der Waals surface area contributed by atoms with Crippen molar-refractivity contribution in [3.8, 4) is 11.5 Å². The van der Waals surface area contributed by atoms with Crippen LogP contribution in [-0.2, 0) is 5.88 Å². The lowest BCUT2D eigenvalue weighted by molar-refractivity contribution is 0.478. The highest BCUT2D eigenvalue weighted by atomic mass is 35.5. The van der Waals surface area contributed by atoms with E-state index in [1.54, 1.807) is 6.07 Å². The zero-order valence-electron chi connectivity index (χ0n) is 9.71. The van der Waals surface area contributed by atoms with E-state index in [0.29, 0.717) is 27.4 Å². The van der Waals surface area contributed by atoms with Crippen LogP contribution in [0.3, 0.4) is 0 Å². The molecule has 0 heterocycles. The van der Waals surface area contributed by atoms with Crippen LogP contribution < -0.4 is 4.74 Å². The quantitative estimate of drug-likeness (QED) is 0.648. The van der Waals surface area contributed by atoms with E-state index < -0.39 is 0 Å². The summed E-state index contributed by atoms with van der Waals surface area (Å²) in [5.74, 6) is 1.51. The Bertz CT molecular complexity index is 567. The van der Waals surface area contributed by atoms with Gasteiger partial charge in [-0.05, 0) is 36.8 Å². The fraction of sp³-hybridized carbons (Fsp3) is 0.143. The average molecular weight is 302 g/mol. The molecule has 0 unspecified atom stereocenters. The molecule has 0 aliphatic heterocycles. The predicted molar refractivity (Wildman–Crippen MR) is 77.3 cm³/mol. The van der Waals surface area contributed by atoms with Crippen LogP contribution in [0.1, 0.15) is 11.1 Å². The molecule has 0 aliphatic rings. The van der Waals surface area contributed by atoms with E-state index in [1.807, 2.05) is 37.3 Å². The van der Waals surface area contributed by atoms with Crippen molar-refractivity contribution >= 4 is 34.8 Å². The maximum atomic E-state index is 6.12. The second-order valence-electron chi connectivity index (χ2n) is 3.89. The SMILES string of the molecule is Cc1ccc(Oc2cccc(Cl)c2CCl)c(Cl)c1. The van der Waals surface area contributed by atoms with E-state index in [9.17, 15) is 0 Å². The summed E-state index contributed by atoms with van der Waals surface area (Å²) in [6.45, 7) is 1.97. The molecular formula is C14H11Cl3O. The van der Waals surface area contributed by atoms with Gasteiger partial charge in [-0.1, -0.05) is 35.3 Å². The van der Waals surface area contributed by atoms with Crippen molar-refractivity contribution in [2.75, 3.05) is 0 Å². The molecule has 0 aromatic heterocycles. The van der Waals surface area contributed by atoms with Crippen LogP contribution in [0.25, 0.3) is 0 Å². The number of halogens is 3. The Morgan fingerprint density at radius 2 is 1.78 bits per heavy atom. The van der Waals surface area contributed by atoms with Crippen molar-refractivity contribution < 1.29 is 4.74 Å². The van der Waals surface area contributed by atoms with E-state index in [-0.39, 0.29) is 0 Å². The van der Waals surface area contributed by atoms with Gasteiger partial charge in [-0.15, -0.1) is 11.6 Å². The zero-order chi connectivity index (χ0) is 13.1. The lowest BCUT2D eigenvalue weighted by atomic mass is 10.2. The van der Waals surface area contributed by atoms with E-state index in [2.05, 4.69) is 0 Å². The smallest absolute Gasteiger partial charge is 0.146 e. The average Bonchev–Trinajstić information content (AvgIpc) is 2.33. The number of rotatable bonds is 3. The number of hydrogen-bond donors (Lipinski definition) is 0. The summed E-state index contributed by atoms with van der Waals surface area (Å²) in [4.78, 5) is 0. The van der Waals surface area contributed by atoms with Crippen molar-refractivity contribution in [2.45, 2.75) is 12.8 Å². The Hall–Kier alpha value is -0.890. The Morgan fingerprint density at radius 1 is 1.00 bits per heavy atom. The molecule has 94 valence electrons. The molecular weight excluding hydrogens is 291 g/mol. The van der Waals surface area contributed by atoms with Gasteiger partial charge in [0.05, 0.1) is 10.9 Å². The summed E-state index contributed by atoms with van der Waals surface area (Å²) in [7, 11) is 0. The van der Waals surface area contributed by atoms with E-state index in [1.165, 1.54) is 0 Å².